The highest BCUT2D eigenvalue weighted by Gasteiger charge is 2.47. The van der Waals surface area contributed by atoms with E-state index >= 15 is 0 Å². The summed E-state index contributed by atoms with van der Waals surface area (Å²) in [5.41, 5.74) is 4.99. The van der Waals surface area contributed by atoms with Crippen LogP contribution in [0.1, 0.15) is 24.0 Å². The molecule has 3 aliphatic heterocycles. The maximum absolute atomic E-state index is 13.8. The monoisotopic (exact) mass is 305 g/mol. The smallest absolute Gasteiger partial charge is 0.367 e. The number of hydroxylamine groups is 3. The van der Waals surface area contributed by atoms with Gasteiger partial charge in [-0.3, -0.25) is 0 Å². The maximum atomic E-state index is 13.8. The highest BCUT2D eigenvalue weighted by atomic mass is 16.6. The van der Waals surface area contributed by atoms with Gasteiger partial charge in [-0.05, 0) is 37.0 Å². The molecule has 1 aromatic rings. The van der Waals surface area contributed by atoms with Crippen molar-refractivity contribution in [1.29, 1.82) is 0 Å². The molecule has 1 aliphatic carbocycles. The molecule has 3 heterocycles. The first-order chi connectivity index (χ1) is 11.2. The fourth-order valence-corrected chi connectivity index (χ4v) is 4.03. The number of aliphatic imine (C=N–C) groups is 1. The molecule has 1 unspecified atom stereocenters. The zero-order chi connectivity index (χ0) is 15.6. The summed E-state index contributed by atoms with van der Waals surface area (Å²) in [6.07, 6.45) is 9.37. The minimum Gasteiger partial charge on any atom is -0.614 e. The van der Waals surface area contributed by atoms with Gasteiger partial charge >= 0.3 is 5.91 Å². The van der Waals surface area contributed by atoms with Crippen LogP contribution in [0.3, 0.4) is 0 Å². The predicted octanol–water partition coefficient (Wildman–Crippen LogP) is 2.85. The van der Waals surface area contributed by atoms with Crippen LogP contribution in [0.4, 0.5) is 5.69 Å². The molecule has 0 bridgehead atoms. The normalized spacial score (nSPS) is 27.4. The lowest BCUT2D eigenvalue weighted by Crippen LogP contribution is -2.48. The van der Waals surface area contributed by atoms with Crippen molar-refractivity contribution in [2.75, 3.05) is 11.4 Å². The molecule has 23 heavy (non-hydrogen) atoms. The first kappa shape index (κ1) is 13.0. The van der Waals surface area contributed by atoms with E-state index < -0.39 is 10.6 Å². The fraction of sp³-hybridized carbons (Fsp3) is 0.222. The molecular formula is C18H15N3O2. The number of carbonyl (C=O) groups is 1. The summed E-state index contributed by atoms with van der Waals surface area (Å²) in [5.74, 6) is -0.527. The Morgan fingerprint density at radius 3 is 2.96 bits per heavy atom. The van der Waals surface area contributed by atoms with Gasteiger partial charge in [0.2, 0.25) is 0 Å². The third-order valence-electron chi connectivity index (χ3n) is 5.04. The van der Waals surface area contributed by atoms with Gasteiger partial charge in [-0.15, -0.1) is 0 Å². The summed E-state index contributed by atoms with van der Waals surface area (Å²) >= 11 is 0. The first-order valence-electron chi connectivity index (χ1n) is 7.91. The minimum absolute atomic E-state index is 0.429. The van der Waals surface area contributed by atoms with Gasteiger partial charge < -0.3 is 10.1 Å². The quantitative estimate of drug-likeness (QED) is 0.547. The first-order valence-corrected chi connectivity index (χ1v) is 7.91. The molecule has 0 aromatic heterocycles. The van der Waals surface area contributed by atoms with Crippen LogP contribution < -0.4 is 4.90 Å². The van der Waals surface area contributed by atoms with Crippen molar-refractivity contribution in [3.63, 3.8) is 0 Å². The highest BCUT2D eigenvalue weighted by molar-refractivity contribution is 6.25. The molecule has 0 spiro atoms. The van der Waals surface area contributed by atoms with E-state index in [0.29, 0.717) is 11.4 Å². The minimum atomic E-state index is -1.05. The van der Waals surface area contributed by atoms with Crippen molar-refractivity contribution < 1.29 is 9.44 Å². The van der Waals surface area contributed by atoms with Gasteiger partial charge in [0.15, 0.2) is 11.4 Å². The van der Waals surface area contributed by atoms with E-state index in [4.69, 9.17) is 0 Å². The third-order valence-corrected chi connectivity index (χ3v) is 5.04. The zero-order valence-electron chi connectivity index (χ0n) is 12.5. The molecular weight excluding hydrogens is 290 g/mol. The zero-order valence-corrected chi connectivity index (χ0v) is 12.5. The molecule has 0 fully saturated rings. The average Bonchev–Trinajstić information content (AvgIpc) is 2.98. The molecule has 5 heteroatoms. The predicted molar refractivity (Wildman–Crippen MR) is 88.0 cm³/mol. The Morgan fingerprint density at radius 2 is 2.04 bits per heavy atom. The van der Waals surface area contributed by atoms with Gasteiger partial charge in [0.05, 0.1) is 17.5 Å². The summed E-state index contributed by atoms with van der Waals surface area (Å²) in [6.45, 7) is 0.845. The van der Waals surface area contributed by atoms with Gasteiger partial charge in [-0.2, -0.15) is 0 Å². The lowest BCUT2D eigenvalue weighted by Gasteiger charge is -2.42. The molecule has 5 nitrogen and oxygen atoms in total. The van der Waals surface area contributed by atoms with E-state index in [2.05, 4.69) is 22.0 Å². The van der Waals surface area contributed by atoms with Gasteiger partial charge in [0.25, 0.3) is 0 Å². The lowest BCUT2D eigenvalue weighted by molar-refractivity contribution is -0.677. The number of quaternary nitrogens is 1. The van der Waals surface area contributed by atoms with Crippen LogP contribution in [0.15, 0.2) is 52.9 Å². The molecule has 0 saturated carbocycles. The molecule has 0 saturated heterocycles. The van der Waals surface area contributed by atoms with Crippen LogP contribution in [-0.4, -0.2) is 23.3 Å². The molecule has 4 aliphatic rings. The number of benzene rings is 1. The summed E-state index contributed by atoms with van der Waals surface area (Å²) in [4.78, 5) is 18.8. The van der Waals surface area contributed by atoms with Crippen LogP contribution in [0.5, 0.6) is 0 Å². The van der Waals surface area contributed by atoms with E-state index in [9.17, 15) is 10.0 Å². The number of fused-ring (bicyclic) bond motifs is 5. The number of carbonyl (C=O) groups excluding carboxylic acids is 1. The van der Waals surface area contributed by atoms with Crippen LogP contribution in [0.25, 0.3) is 5.70 Å². The molecule has 1 amide bonds. The van der Waals surface area contributed by atoms with Gasteiger partial charge in [-0.1, -0.05) is 18.2 Å². The van der Waals surface area contributed by atoms with Gasteiger partial charge in [0.1, 0.15) is 11.9 Å². The molecule has 0 N–H and O–H groups in total. The summed E-state index contributed by atoms with van der Waals surface area (Å²) in [7, 11) is 0. The second-order valence-corrected chi connectivity index (χ2v) is 6.21. The number of hydrogen-bond acceptors (Lipinski definition) is 4. The topological polar surface area (TPSA) is 55.7 Å². The second kappa shape index (κ2) is 4.28. The van der Waals surface area contributed by atoms with E-state index in [0.717, 1.165) is 49.0 Å². The van der Waals surface area contributed by atoms with Crippen molar-refractivity contribution in [3.05, 3.63) is 64.3 Å². The van der Waals surface area contributed by atoms with E-state index in [1.165, 1.54) is 5.56 Å². The third kappa shape index (κ3) is 1.48. The average molecular weight is 305 g/mol. The Balaban J connectivity index is 1.91. The number of allylic oxidation sites excluding steroid dienone is 2. The van der Waals surface area contributed by atoms with Gasteiger partial charge in [0, 0.05) is 6.54 Å². The number of anilines is 1. The number of hydrogen-bond donors (Lipinski definition) is 0. The van der Waals surface area contributed by atoms with Crippen molar-refractivity contribution in [3.8, 4) is 0 Å². The Morgan fingerprint density at radius 1 is 1.17 bits per heavy atom. The van der Waals surface area contributed by atoms with Crippen LogP contribution in [0, 0.1) is 5.21 Å². The Bertz CT molecular complexity index is 878. The van der Waals surface area contributed by atoms with Crippen molar-refractivity contribution in [2.45, 2.75) is 19.3 Å². The molecule has 0 radical (unpaired) electrons. The highest BCUT2D eigenvalue weighted by Crippen LogP contribution is 2.50. The largest absolute Gasteiger partial charge is 0.614 e. The lowest BCUT2D eigenvalue weighted by atomic mass is 10.0. The number of rotatable bonds is 0. The van der Waals surface area contributed by atoms with Crippen molar-refractivity contribution in [1.82, 2.24) is 0 Å². The Kier molecular flexibility index (Phi) is 2.42. The molecule has 114 valence electrons. The van der Waals surface area contributed by atoms with Crippen molar-refractivity contribution in [2.24, 2.45) is 4.99 Å². The van der Waals surface area contributed by atoms with Crippen LogP contribution >= 0.6 is 0 Å². The second-order valence-electron chi connectivity index (χ2n) is 6.21. The van der Waals surface area contributed by atoms with Crippen molar-refractivity contribution >= 4 is 23.5 Å². The molecule has 1 aromatic carbocycles. The van der Waals surface area contributed by atoms with Crippen LogP contribution in [0.2, 0.25) is 0 Å². The SMILES string of the molecule is O=C1C=NC=C2c3cccc4c3N(CC4)C3=CCCC=C3[N+]12[O-]. The summed E-state index contributed by atoms with van der Waals surface area (Å²) in [6, 6.07) is 5.99. The Hall–Kier alpha value is -2.50. The molecule has 1 atom stereocenters. The van der Waals surface area contributed by atoms with E-state index in [1.54, 1.807) is 6.20 Å². The standard InChI is InChI=1S/C18H15N3O2/c22-17-11-19-10-16-13-5-3-4-12-8-9-20(18(12)13)14-6-1-2-7-15(14)21(16,17)23/h3-7,10-11H,1-2,8-9H2. The summed E-state index contributed by atoms with van der Waals surface area (Å²) < 4.78 is -1.05. The molecule has 5 rings (SSSR count). The number of amides is 1. The van der Waals surface area contributed by atoms with Crippen LogP contribution in [-0.2, 0) is 11.2 Å². The van der Waals surface area contributed by atoms with E-state index in [-0.39, 0.29) is 0 Å². The fourth-order valence-electron chi connectivity index (χ4n) is 4.03. The number of nitrogens with zero attached hydrogens (tertiary/aromatic N) is 3. The summed E-state index contributed by atoms with van der Waals surface area (Å²) in [5, 5.41) is 13.8. The maximum Gasteiger partial charge on any atom is 0.367 e. The van der Waals surface area contributed by atoms with E-state index in [1.807, 2.05) is 18.2 Å². The Labute approximate surface area is 133 Å². The van der Waals surface area contributed by atoms with Gasteiger partial charge in [-0.25, -0.2) is 14.4 Å². The number of para-hydroxylation sites is 1.